The zero-order chi connectivity index (χ0) is 13.9. The van der Waals surface area contributed by atoms with E-state index < -0.39 is 6.10 Å². The van der Waals surface area contributed by atoms with Crippen LogP contribution in [0.5, 0.6) is 5.75 Å². The fourth-order valence-corrected chi connectivity index (χ4v) is 2.71. The summed E-state index contributed by atoms with van der Waals surface area (Å²) in [6, 6.07) is 12.0. The molecule has 4 heteroatoms. The monoisotopic (exact) mass is 285 g/mol. The molecule has 0 bridgehead atoms. The van der Waals surface area contributed by atoms with Crippen LogP contribution in [0.1, 0.15) is 23.5 Å². The number of hydrogen-bond acceptors (Lipinski definition) is 4. The summed E-state index contributed by atoms with van der Waals surface area (Å²) >= 11 is 1.56. The van der Waals surface area contributed by atoms with E-state index in [1.54, 1.807) is 30.0 Å². The van der Waals surface area contributed by atoms with Crippen molar-refractivity contribution >= 4 is 22.1 Å². The van der Waals surface area contributed by atoms with E-state index in [-0.39, 0.29) is 0 Å². The highest BCUT2D eigenvalue weighted by Crippen LogP contribution is 2.34. The molecular weight excluding hydrogens is 270 g/mol. The van der Waals surface area contributed by atoms with Gasteiger partial charge in [-0.3, -0.25) is 4.98 Å². The Bertz CT molecular complexity index is 708. The van der Waals surface area contributed by atoms with Gasteiger partial charge in [0.15, 0.2) is 0 Å². The van der Waals surface area contributed by atoms with Crippen LogP contribution >= 0.6 is 11.3 Å². The van der Waals surface area contributed by atoms with E-state index in [0.717, 1.165) is 27.0 Å². The molecule has 1 heterocycles. The van der Waals surface area contributed by atoms with Crippen LogP contribution in [0.4, 0.5) is 0 Å². The van der Waals surface area contributed by atoms with Crippen LogP contribution < -0.4 is 4.74 Å². The molecule has 3 aromatic rings. The van der Waals surface area contributed by atoms with Crippen molar-refractivity contribution in [3.8, 4) is 5.75 Å². The van der Waals surface area contributed by atoms with Crippen molar-refractivity contribution < 1.29 is 9.84 Å². The van der Waals surface area contributed by atoms with Crippen LogP contribution in [0.25, 0.3) is 10.8 Å². The maximum Gasteiger partial charge on any atom is 0.133 e. The fourth-order valence-electron chi connectivity index (χ4n) is 2.21. The first-order chi connectivity index (χ1) is 9.75. The van der Waals surface area contributed by atoms with Gasteiger partial charge in [0.25, 0.3) is 0 Å². The molecule has 0 saturated carbocycles. The van der Waals surface area contributed by atoms with Crippen molar-refractivity contribution in [3.63, 3.8) is 0 Å². The quantitative estimate of drug-likeness (QED) is 0.789. The minimum absolute atomic E-state index is 0.471. The van der Waals surface area contributed by atoms with E-state index in [2.05, 4.69) is 4.98 Å². The van der Waals surface area contributed by atoms with E-state index in [1.807, 2.05) is 36.4 Å². The number of hydrogen-bond donors (Lipinski definition) is 1. The van der Waals surface area contributed by atoms with Gasteiger partial charge in [-0.25, -0.2) is 0 Å². The molecule has 1 N–H and O–H groups in total. The molecule has 0 fully saturated rings. The van der Waals surface area contributed by atoms with Gasteiger partial charge >= 0.3 is 0 Å². The summed E-state index contributed by atoms with van der Waals surface area (Å²) in [5.74, 6) is 0.756. The standard InChI is InChI=1S/C16H15NO2S/c1-11(18)14-7-6-12-4-2-3-5-15(12)16(14)19-9-13-8-17-10-20-13/h2-8,10-11,18H,9H2,1H3/t11-/m1/s1. The number of rotatable bonds is 4. The van der Waals surface area contributed by atoms with Crippen molar-refractivity contribution in [2.24, 2.45) is 0 Å². The zero-order valence-corrected chi connectivity index (χ0v) is 11.9. The predicted octanol–water partition coefficient (Wildman–Crippen LogP) is 3.93. The Hall–Kier alpha value is -1.91. The summed E-state index contributed by atoms with van der Waals surface area (Å²) < 4.78 is 5.97. The van der Waals surface area contributed by atoms with Gasteiger partial charge in [-0.05, 0) is 12.3 Å². The highest BCUT2D eigenvalue weighted by atomic mass is 32.1. The van der Waals surface area contributed by atoms with Gasteiger partial charge in [0.1, 0.15) is 12.4 Å². The fraction of sp³-hybridized carbons (Fsp3) is 0.188. The third-order valence-corrected chi connectivity index (χ3v) is 3.96. The number of fused-ring (bicyclic) bond motifs is 1. The molecule has 0 aliphatic rings. The van der Waals surface area contributed by atoms with Crippen LogP contribution in [0.3, 0.4) is 0 Å². The van der Waals surface area contributed by atoms with Crippen molar-refractivity contribution in [1.82, 2.24) is 4.98 Å². The maximum absolute atomic E-state index is 9.93. The lowest BCUT2D eigenvalue weighted by Gasteiger charge is -2.15. The first-order valence-corrected chi connectivity index (χ1v) is 7.33. The highest BCUT2D eigenvalue weighted by molar-refractivity contribution is 7.09. The number of aromatic nitrogens is 1. The number of aliphatic hydroxyl groups is 1. The van der Waals surface area contributed by atoms with Gasteiger partial charge in [0.05, 0.1) is 16.5 Å². The Morgan fingerprint density at radius 2 is 2.10 bits per heavy atom. The molecule has 0 unspecified atom stereocenters. The van der Waals surface area contributed by atoms with E-state index >= 15 is 0 Å². The number of aliphatic hydroxyl groups excluding tert-OH is 1. The van der Waals surface area contributed by atoms with E-state index in [4.69, 9.17) is 4.74 Å². The maximum atomic E-state index is 9.93. The van der Waals surface area contributed by atoms with Crippen LogP contribution in [0.2, 0.25) is 0 Å². The molecule has 3 nitrogen and oxygen atoms in total. The lowest BCUT2D eigenvalue weighted by atomic mass is 10.0. The van der Waals surface area contributed by atoms with Crippen LogP contribution in [0, 0.1) is 0 Å². The summed E-state index contributed by atoms with van der Waals surface area (Å²) in [6.07, 6.45) is 1.24. The molecule has 0 saturated heterocycles. The first kappa shape index (κ1) is 13.1. The Labute approximate surface area is 121 Å². The van der Waals surface area contributed by atoms with E-state index in [9.17, 15) is 5.11 Å². The molecule has 102 valence electrons. The molecule has 0 aliphatic heterocycles. The molecule has 0 amide bonds. The second kappa shape index (κ2) is 5.61. The lowest BCUT2D eigenvalue weighted by molar-refractivity contribution is 0.191. The van der Waals surface area contributed by atoms with E-state index in [1.165, 1.54) is 0 Å². The summed E-state index contributed by atoms with van der Waals surface area (Å²) in [4.78, 5) is 5.11. The Balaban J connectivity index is 2.03. The molecule has 3 rings (SSSR count). The molecule has 0 spiro atoms. The average Bonchev–Trinajstić information content (AvgIpc) is 2.97. The Morgan fingerprint density at radius 3 is 2.85 bits per heavy atom. The number of benzene rings is 2. The van der Waals surface area contributed by atoms with Gasteiger partial charge in [0, 0.05) is 17.1 Å². The zero-order valence-electron chi connectivity index (χ0n) is 11.1. The van der Waals surface area contributed by atoms with Gasteiger partial charge in [-0.2, -0.15) is 0 Å². The van der Waals surface area contributed by atoms with Crippen molar-refractivity contribution in [1.29, 1.82) is 0 Å². The third-order valence-electron chi connectivity index (χ3n) is 3.20. The molecule has 0 radical (unpaired) electrons. The van der Waals surface area contributed by atoms with Gasteiger partial charge < -0.3 is 9.84 Å². The van der Waals surface area contributed by atoms with Crippen LogP contribution in [0.15, 0.2) is 48.1 Å². The van der Waals surface area contributed by atoms with Crippen LogP contribution in [-0.2, 0) is 6.61 Å². The summed E-state index contributed by atoms with van der Waals surface area (Å²) in [5, 5.41) is 12.1. The third kappa shape index (κ3) is 2.53. The highest BCUT2D eigenvalue weighted by Gasteiger charge is 2.13. The number of thiazole rings is 1. The SMILES string of the molecule is C[C@@H](O)c1ccc2ccccc2c1OCc1cncs1. The smallest absolute Gasteiger partial charge is 0.133 e. The van der Waals surface area contributed by atoms with Crippen LogP contribution in [-0.4, -0.2) is 10.1 Å². The summed E-state index contributed by atoms with van der Waals surface area (Å²) in [6.45, 7) is 2.22. The molecule has 0 aliphatic carbocycles. The number of ether oxygens (including phenoxy) is 1. The molecule has 1 atom stereocenters. The molecule has 1 aromatic heterocycles. The summed E-state index contributed by atoms with van der Waals surface area (Å²) in [5.41, 5.74) is 2.60. The van der Waals surface area contributed by atoms with Crippen molar-refractivity contribution in [2.45, 2.75) is 19.6 Å². The second-order valence-corrected chi connectivity index (χ2v) is 5.61. The second-order valence-electron chi connectivity index (χ2n) is 4.64. The van der Waals surface area contributed by atoms with Crippen molar-refractivity contribution in [2.75, 3.05) is 0 Å². The normalized spacial score (nSPS) is 12.5. The average molecular weight is 285 g/mol. The Morgan fingerprint density at radius 1 is 1.25 bits per heavy atom. The van der Waals surface area contributed by atoms with Gasteiger partial charge in [-0.15, -0.1) is 11.3 Å². The predicted molar refractivity (Wildman–Crippen MR) is 81.0 cm³/mol. The van der Waals surface area contributed by atoms with Gasteiger partial charge in [-0.1, -0.05) is 36.4 Å². The van der Waals surface area contributed by atoms with Crippen molar-refractivity contribution in [3.05, 3.63) is 58.5 Å². The lowest BCUT2D eigenvalue weighted by Crippen LogP contribution is -2.01. The topological polar surface area (TPSA) is 42.4 Å². The van der Waals surface area contributed by atoms with E-state index in [0.29, 0.717) is 6.61 Å². The largest absolute Gasteiger partial charge is 0.487 e. The number of nitrogens with zero attached hydrogens (tertiary/aromatic N) is 1. The molecule has 2 aromatic carbocycles. The molecule has 20 heavy (non-hydrogen) atoms. The van der Waals surface area contributed by atoms with Gasteiger partial charge in [0.2, 0.25) is 0 Å². The minimum atomic E-state index is -0.559. The summed E-state index contributed by atoms with van der Waals surface area (Å²) in [7, 11) is 0. The minimum Gasteiger partial charge on any atom is -0.487 e. The Kier molecular flexibility index (Phi) is 3.67. The molecular formula is C16H15NO2S. The first-order valence-electron chi connectivity index (χ1n) is 6.45.